The lowest BCUT2D eigenvalue weighted by atomic mass is 10.1. The maximum absolute atomic E-state index is 12.2. The Bertz CT molecular complexity index is 709. The van der Waals surface area contributed by atoms with Crippen LogP contribution in [-0.4, -0.2) is 11.0 Å². The van der Waals surface area contributed by atoms with E-state index >= 15 is 0 Å². The molecule has 0 fully saturated rings. The van der Waals surface area contributed by atoms with Crippen LogP contribution in [0.25, 0.3) is 0 Å². The molecule has 0 radical (unpaired) electrons. The molecule has 0 unspecified atom stereocenters. The van der Waals surface area contributed by atoms with Crippen molar-refractivity contribution in [1.29, 1.82) is 0 Å². The van der Waals surface area contributed by atoms with Crippen molar-refractivity contribution in [3.05, 3.63) is 57.1 Å². The summed E-state index contributed by atoms with van der Waals surface area (Å²) in [6.07, 6.45) is 0. The highest BCUT2D eigenvalue weighted by Gasteiger charge is 2.14. The van der Waals surface area contributed by atoms with E-state index in [0.29, 0.717) is 11.3 Å². The summed E-state index contributed by atoms with van der Waals surface area (Å²) in [5, 5.41) is 15.6. The summed E-state index contributed by atoms with van der Waals surface area (Å²) >= 11 is 11.7. The molecule has 1 aliphatic heterocycles. The maximum atomic E-state index is 12.2. The summed E-state index contributed by atoms with van der Waals surface area (Å²) in [6, 6.07) is 8.51. The topological polar surface area (TPSA) is 61.4 Å². The standard InChI is InChI=1S/C15H12Cl2N2O2/c16-12-4-11(5-13(17)14(12)20)19-15(21)8-1-2-9-6-18-7-10(9)3-8/h1-5,18,20H,6-7H2,(H,19,21). The molecule has 2 aromatic rings. The molecule has 2 aromatic carbocycles. The van der Waals surface area contributed by atoms with E-state index in [9.17, 15) is 9.90 Å². The Balaban J connectivity index is 1.83. The Morgan fingerprint density at radius 2 is 1.76 bits per heavy atom. The zero-order valence-corrected chi connectivity index (χ0v) is 12.4. The van der Waals surface area contributed by atoms with Gasteiger partial charge in [0.2, 0.25) is 0 Å². The third-order valence-electron chi connectivity index (χ3n) is 3.37. The number of aromatic hydroxyl groups is 1. The predicted molar refractivity (Wildman–Crippen MR) is 83.1 cm³/mol. The maximum Gasteiger partial charge on any atom is 0.255 e. The number of phenols is 1. The first kappa shape index (κ1) is 14.2. The van der Waals surface area contributed by atoms with Crippen LogP contribution in [0.15, 0.2) is 30.3 Å². The Labute approximate surface area is 131 Å². The van der Waals surface area contributed by atoms with Crippen molar-refractivity contribution in [2.24, 2.45) is 0 Å². The van der Waals surface area contributed by atoms with E-state index in [0.717, 1.165) is 18.7 Å². The first-order valence-corrected chi connectivity index (χ1v) is 7.12. The average Bonchev–Trinajstić information content (AvgIpc) is 2.91. The highest BCUT2D eigenvalue weighted by Crippen LogP contribution is 2.34. The minimum atomic E-state index is -0.248. The fourth-order valence-electron chi connectivity index (χ4n) is 2.28. The van der Waals surface area contributed by atoms with Crippen LogP contribution in [0.1, 0.15) is 21.5 Å². The molecule has 0 saturated heterocycles. The van der Waals surface area contributed by atoms with Crippen LogP contribution in [0.4, 0.5) is 5.69 Å². The van der Waals surface area contributed by atoms with Gasteiger partial charge in [-0.3, -0.25) is 4.79 Å². The third kappa shape index (κ3) is 2.83. The number of rotatable bonds is 2. The number of anilines is 1. The van der Waals surface area contributed by atoms with Gasteiger partial charge in [0.25, 0.3) is 5.91 Å². The van der Waals surface area contributed by atoms with Gasteiger partial charge in [-0.2, -0.15) is 0 Å². The summed E-state index contributed by atoms with van der Waals surface area (Å²) in [6.45, 7) is 1.60. The van der Waals surface area contributed by atoms with Crippen molar-refractivity contribution < 1.29 is 9.90 Å². The molecule has 3 rings (SSSR count). The second-order valence-electron chi connectivity index (χ2n) is 4.83. The molecule has 0 aliphatic carbocycles. The van der Waals surface area contributed by atoms with Crippen molar-refractivity contribution in [3.8, 4) is 5.75 Å². The number of hydrogen-bond donors (Lipinski definition) is 3. The Kier molecular flexibility index (Phi) is 3.76. The molecular weight excluding hydrogens is 311 g/mol. The van der Waals surface area contributed by atoms with Gasteiger partial charge >= 0.3 is 0 Å². The van der Waals surface area contributed by atoms with E-state index in [-0.39, 0.29) is 21.7 Å². The monoisotopic (exact) mass is 322 g/mol. The van der Waals surface area contributed by atoms with E-state index in [1.54, 1.807) is 6.07 Å². The third-order valence-corrected chi connectivity index (χ3v) is 3.95. The summed E-state index contributed by atoms with van der Waals surface area (Å²) in [5.41, 5.74) is 3.34. The molecule has 0 aromatic heterocycles. The number of hydrogen-bond acceptors (Lipinski definition) is 3. The molecular formula is C15H12Cl2N2O2. The first-order valence-electron chi connectivity index (χ1n) is 6.36. The Hall–Kier alpha value is -1.75. The van der Waals surface area contributed by atoms with Crippen LogP contribution >= 0.6 is 23.2 Å². The smallest absolute Gasteiger partial charge is 0.255 e. The largest absolute Gasteiger partial charge is 0.505 e. The number of carbonyl (C=O) groups excluding carboxylic acids is 1. The average molecular weight is 323 g/mol. The van der Waals surface area contributed by atoms with Gasteiger partial charge in [0, 0.05) is 24.3 Å². The van der Waals surface area contributed by atoms with Gasteiger partial charge in [-0.1, -0.05) is 29.3 Å². The summed E-state index contributed by atoms with van der Waals surface area (Å²) in [7, 11) is 0. The van der Waals surface area contributed by atoms with Crippen LogP contribution in [0.2, 0.25) is 10.0 Å². The van der Waals surface area contributed by atoms with Crippen molar-refractivity contribution in [2.45, 2.75) is 13.1 Å². The quantitative estimate of drug-likeness (QED) is 0.741. The van der Waals surface area contributed by atoms with Crippen LogP contribution < -0.4 is 10.6 Å². The molecule has 0 bridgehead atoms. The number of nitrogens with one attached hydrogen (secondary N) is 2. The van der Waals surface area contributed by atoms with Crippen molar-refractivity contribution in [2.75, 3.05) is 5.32 Å². The number of phenolic OH excluding ortho intramolecular Hbond substituents is 1. The molecule has 0 saturated carbocycles. The first-order chi connectivity index (χ1) is 10.0. The molecule has 1 heterocycles. The van der Waals surface area contributed by atoms with Gasteiger partial charge in [0.1, 0.15) is 0 Å². The van der Waals surface area contributed by atoms with E-state index in [2.05, 4.69) is 10.6 Å². The second-order valence-corrected chi connectivity index (χ2v) is 5.64. The number of halogens is 2. The van der Waals surface area contributed by atoms with Crippen LogP contribution in [0.3, 0.4) is 0 Å². The molecule has 6 heteroatoms. The Morgan fingerprint density at radius 1 is 1.10 bits per heavy atom. The molecule has 4 nitrogen and oxygen atoms in total. The van der Waals surface area contributed by atoms with E-state index in [1.165, 1.54) is 17.7 Å². The summed E-state index contributed by atoms with van der Waals surface area (Å²) in [4.78, 5) is 12.2. The molecule has 0 spiro atoms. The van der Waals surface area contributed by atoms with E-state index in [4.69, 9.17) is 23.2 Å². The minimum Gasteiger partial charge on any atom is -0.505 e. The molecule has 0 atom stereocenters. The second kappa shape index (κ2) is 5.56. The number of fused-ring (bicyclic) bond motifs is 1. The number of carbonyl (C=O) groups is 1. The van der Waals surface area contributed by atoms with Crippen LogP contribution in [-0.2, 0) is 13.1 Å². The fourth-order valence-corrected chi connectivity index (χ4v) is 2.76. The normalized spacial score (nSPS) is 13.0. The zero-order valence-electron chi connectivity index (χ0n) is 10.9. The van der Waals surface area contributed by atoms with Gasteiger partial charge in [-0.15, -0.1) is 0 Å². The lowest BCUT2D eigenvalue weighted by Gasteiger charge is -2.09. The van der Waals surface area contributed by atoms with Crippen molar-refractivity contribution >= 4 is 34.8 Å². The van der Waals surface area contributed by atoms with Gasteiger partial charge in [0.05, 0.1) is 10.0 Å². The molecule has 21 heavy (non-hydrogen) atoms. The van der Waals surface area contributed by atoms with Gasteiger partial charge in [0.15, 0.2) is 5.75 Å². The lowest BCUT2D eigenvalue weighted by molar-refractivity contribution is 0.102. The molecule has 1 aliphatic rings. The zero-order chi connectivity index (χ0) is 15.0. The number of amides is 1. The molecule has 3 N–H and O–H groups in total. The molecule has 1 amide bonds. The fraction of sp³-hybridized carbons (Fsp3) is 0.133. The number of benzene rings is 2. The highest BCUT2D eigenvalue weighted by molar-refractivity contribution is 6.37. The SMILES string of the molecule is O=C(Nc1cc(Cl)c(O)c(Cl)c1)c1ccc2c(c1)CNC2. The van der Waals surface area contributed by atoms with Gasteiger partial charge < -0.3 is 15.7 Å². The van der Waals surface area contributed by atoms with Crippen molar-refractivity contribution in [1.82, 2.24) is 5.32 Å². The lowest BCUT2D eigenvalue weighted by Crippen LogP contribution is -2.12. The van der Waals surface area contributed by atoms with Crippen LogP contribution in [0.5, 0.6) is 5.75 Å². The molecule has 108 valence electrons. The van der Waals surface area contributed by atoms with Crippen molar-refractivity contribution in [3.63, 3.8) is 0 Å². The van der Waals surface area contributed by atoms with E-state index < -0.39 is 0 Å². The van der Waals surface area contributed by atoms with Crippen LogP contribution in [0, 0.1) is 0 Å². The predicted octanol–water partition coefficient (Wildman–Crippen LogP) is 3.55. The summed E-state index contributed by atoms with van der Waals surface area (Å²) in [5.74, 6) is -0.442. The minimum absolute atomic E-state index is 0.0935. The Morgan fingerprint density at radius 3 is 2.48 bits per heavy atom. The highest BCUT2D eigenvalue weighted by atomic mass is 35.5. The van der Waals surface area contributed by atoms with E-state index in [1.807, 2.05) is 12.1 Å². The van der Waals surface area contributed by atoms with Gasteiger partial charge in [-0.25, -0.2) is 0 Å². The van der Waals surface area contributed by atoms with Gasteiger partial charge in [-0.05, 0) is 35.4 Å². The summed E-state index contributed by atoms with van der Waals surface area (Å²) < 4.78 is 0.